The molecule has 0 aromatic heterocycles. The number of carbonyl (C=O) groups excluding carboxylic acids is 1. The Hall–Kier alpha value is -1.04. The number of thiocarbonyl (C=S) groups is 1. The second-order valence-corrected chi connectivity index (χ2v) is 7.59. The third kappa shape index (κ3) is 3.57. The number of rotatable bonds is 2. The van der Waals surface area contributed by atoms with Gasteiger partial charge in [-0.2, -0.15) is 0 Å². The summed E-state index contributed by atoms with van der Waals surface area (Å²) >= 11 is 24.3. The van der Waals surface area contributed by atoms with Gasteiger partial charge in [-0.1, -0.05) is 64.8 Å². The zero-order valence-electron chi connectivity index (χ0n) is 11.4. The van der Waals surface area contributed by atoms with Gasteiger partial charge in [-0.3, -0.25) is 9.69 Å². The van der Waals surface area contributed by atoms with E-state index in [0.29, 0.717) is 30.0 Å². The average Bonchev–Trinajstić information content (AvgIpc) is 2.79. The molecule has 0 radical (unpaired) electrons. The number of benzene rings is 2. The zero-order chi connectivity index (χ0) is 16.6. The highest BCUT2D eigenvalue weighted by molar-refractivity contribution is 8.27. The minimum Gasteiger partial charge on any atom is -0.268 e. The number of nitrogens with zero attached hydrogens (tertiary/aromatic N) is 1. The van der Waals surface area contributed by atoms with Crippen LogP contribution in [-0.4, -0.2) is 10.2 Å². The molecule has 0 unspecified atom stereocenters. The lowest BCUT2D eigenvalue weighted by Gasteiger charge is -2.14. The van der Waals surface area contributed by atoms with Crippen LogP contribution in [0.4, 0.5) is 5.69 Å². The molecule has 2 aromatic rings. The molecule has 1 amide bonds. The number of hydrogen-bond acceptors (Lipinski definition) is 3. The van der Waals surface area contributed by atoms with Gasteiger partial charge in [0.1, 0.15) is 0 Å². The standard InChI is InChI=1S/C16H8Cl3NOS2/c17-10-2-4-11(5-3-10)20-15(21)14(23-16(20)22)8-9-1-6-12(18)13(19)7-9/h1-8H. The van der Waals surface area contributed by atoms with Gasteiger partial charge in [0.2, 0.25) is 0 Å². The summed E-state index contributed by atoms with van der Waals surface area (Å²) in [5.41, 5.74) is 1.48. The van der Waals surface area contributed by atoms with Gasteiger partial charge in [-0.25, -0.2) is 0 Å². The Morgan fingerprint density at radius 2 is 1.70 bits per heavy atom. The summed E-state index contributed by atoms with van der Waals surface area (Å²) in [6.45, 7) is 0. The number of carbonyl (C=O) groups is 1. The van der Waals surface area contributed by atoms with Gasteiger partial charge in [0.15, 0.2) is 4.32 Å². The van der Waals surface area contributed by atoms with Crippen LogP contribution in [0.1, 0.15) is 5.56 Å². The van der Waals surface area contributed by atoms with Crippen LogP contribution >= 0.6 is 58.8 Å². The first-order chi connectivity index (χ1) is 11.0. The van der Waals surface area contributed by atoms with Crippen molar-refractivity contribution in [2.45, 2.75) is 0 Å². The monoisotopic (exact) mass is 399 g/mol. The molecule has 0 atom stereocenters. The molecule has 0 aliphatic carbocycles. The van der Waals surface area contributed by atoms with E-state index in [4.69, 9.17) is 47.0 Å². The summed E-state index contributed by atoms with van der Waals surface area (Å²) in [6.07, 6.45) is 1.75. The van der Waals surface area contributed by atoms with Crippen LogP contribution in [0.25, 0.3) is 6.08 Å². The van der Waals surface area contributed by atoms with Crippen molar-refractivity contribution < 1.29 is 4.79 Å². The highest BCUT2D eigenvalue weighted by Crippen LogP contribution is 2.36. The van der Waals surface area contributed by atoms with Crippen molar-refractivity contribution in [2.75, 3.05) is 4.90 Å². The SMILES string of the molecule is O=C1C(=Cc2ccc(Cl)c(Cl)c2)SC(=S)N1c1ccc(Cl)cc1. The molecule has 0 N–H and O–H groups in total. The largest absolute Gasteiger partial charge is 0.270 e. The van der Waals surface area contributed by atoms with E-state index in [1.165, 1.54) is 16.7 Å². The van der Waals surface area contributed by atoms with Gasteiger partial charge in [-0.15, -0.1) is 0 Å². The minimum atomic E-state index is -0.173. The van der Waals surface area contributed by atoms with Crippen LogP contribution in [0.3, 0.4) is 0 Å². The van der Waals surface area contributed by atoms with Gasteiger partial charge in [0, 0.05) is 5.02 Å². The summed E-state index contributed by atoms with van der Waals surface area (Å²) in [5, 5.41) is 1.51. The third-order valence-electron chi connectivity index (χ3n) is 3.12. The molecular formula is C16H8Cl3NOS2. The van der Waals surface area contributed by atoms with E-state index in [-0.39, 0.29) is 5.91 Å². The van der Waals surface area contributed by atoms with E-state index in [2.05, 4.69) is 0 Å². The maximum absolute atomic E-state index is 12.6. The molecule has 23 heavy (non-hydrogen) atoms. The average molecular weight is 401 g/mol. The normalized spacial score (nSPS) is 16.5. The van der Waals surface area contributed by atoms with Crippen LogP contribution in [0.5, 0.6) is 0 Å². The summed E-state index contributed by atoms with van der Waals surface area (Å²) in [7, 11) is 0. The Morgan fingerprint density at radius 1 is 1.00 bits per heavy atom. The van der Waals surface area contributed by atoms with E-state index < -0.39 is 0 Å². The highest BCUT2D eigenvalue weighted by atomic mass is 35.5. The predicted octanol–water partition coefficient (Wildman–Crippen LogP) is 6.05. The molecule has 1 heterocycles. The molecule has 1 saturated heterocycles. The second-order valence-electron chi connectivity index (χ2n) is 4.67. The molecule has 1 aliphatic heterocycles. The Balaban J connectivity index is 1.92. The van der Waals surface area contributed by atoms with Crippen molar-refractivity contribution in [1.29, 1.82) is 0 Å². The van der Waals surface area contributed by atoms with Crippen molar-refractivity contribution in [2.24, 2.45) is 0 Å². The van der Waals surface area contributed by atoms with E-state index >= 15 is 0 Å². The maximum atomic E-state index is 12.6. The van der Waals surface area contributed by atoms with Crippen molar-refractivity contribution in [3.63, 3.8) is 0 Å². The fraction of sp³-hybridized carbons (Fsp3) is 0. The van der Waals surface area contributed by atoms with Gasteiger partial charge in [0.05, 0.1) is 20.6 Å². The Labute approximate surface area is 158 Å². The molecule has 116 valence electrons. The lowest BCUT2D eigenvalue weighted by Crippen LogP contribution is -2.27. The minimum absolute atomic E-state index is 0.173. The number of thioether (sulfide) groups is 1. The molecule has 1 fully saturated rings. The van der Waals surface area contributed by atoms with Crippen molar-refractivity contribution in [3.05, 3.63) is 68.0 Å². The lowest BCUT2D eigenvalue weighted by molar-refractivity contribution is -0.113. The molecule has 0 saturated carbocycles. The number of amides is 1. The van der Waals surface area contributed by atoms with Gasteiger partial charge >= 0.3 is 0 Å². The van der Waals surface area contributed by atoms with Gasteiger partial charge < -0.3 is 0 Å². The topological polar surface area (TPSA) is 20.3 Å². The summed E-state index contributed by atoms with van der Waals surface area (Å²) < 4.78 is 0.476. The number of halogens is 3. The highest BCUT2D eigenvalue weighted by Gasteiger charge is 2.33. The molecule has 0 bridgehead atoms. The lowest BCUT2D eigenvalue weighted by atomic mass is 10.2. The van der Waals surface area contributed by atoms with Crippen molar-refractivity contribution >= 4 is 80.8 Å². The van der Waals surface area contributed by atoms with Crippen LogP contribution in [-0.2, 0) is 4.79 Å². The Morgan fingerprint density at radius 3 is 2.35 bits per heavy atom. The van der Waals surface area contributed by atoms with Crippen LogP contribution in [0.15, 0.2) is 47.4 Å². The van der Waals surface area contributed by atoms with Gasteiger partial charge in [0.25, 0.3) is 5.91 Å². The fourth-order valence-electron chi connectivity index (χ4n) is 2.03. The number of hydrogen-bond donors (Lipinski definition) is 0. The first-order valence-corrected chi connectivity index (χ1v) is 8.80. The quantitative estimate of drug-likeness (QED) is 0.452. The second kappa shape index (κ2) is 6.83. The van der Waals surface area contributed by atoms with E-state index in [1.807, 2.05) is 0 Å². The molecule has 2 aromatic carbocycles. The van der Waals surface area contributed by atoms with Crippen molar-refractivity contribution in [1.82, 2.24) is 0 Å². The maximum Gasteiger partial charge on any atom is 0.270 e. The Bertz CT molecular complexity index is 834. The molecule has 7 heteroatoms. The van der Waals surface area contributed by atoms with E-state index in [9.17, 15) is 4.79 Å². The zero-order valence-corrected chi connectivity index (χ0v) is 15.3. The summed E-state index contributed by atoms with van der Waals surface area (Å²) in [4.78, 5) is 14.6. The Kier molecular flexibility index (Phi) is 4.99. The predicted molar refractivity (Wildman–Crippen MR) is 104 cm³/mol. The van der Waals surface area contributed by atoms with Crippen molar-refractivity contribution in [3.8, 4) is 0 Å². The van der Waals surface area contributed by atoms with Crippen LogP contribution in [0, 0.1) is 0 Å². The molecule has 1 aliphatic rings. The summed E-state index contributed by atoms with van der Waals surface area (Å²) in [5.74, 6) is -0.173. The molecule has 2 nitrogen and oxygen atoms in total. The summed E-state index contributed by atoms with van der Waals surface area (Å²) in [6, 6.07) is 12.2. The third-order valence-corrected chi connectivity index (χ3v) is 5.41. The van der Waals surface area contributed by atoms with Crippen LogP contribution in [0.2, 0.25) is 15.1 Å². The smallest absolute Gasteiger partial charge is 0.268 e. The first kappa shape index (κ1) is 16.8. The van der Waals surface area contributed by atoms with Crippen LogP contribution < -0.4 is 4.90 Å². The molecule has 0 spiro atoms. The molecule has 3 rings (SSSR count). The van der Waals surface area contributed by atoms with E-state index in [0.717, 1.165) is 5.56 Å². The fourth-order valence-corrected chi connectivity index (χ4v) is 3.77. The first-order valence-electron chi connectivity index (χ1n) is 6.44. The van der Waals surface area contributed by atoms with Gasteiger partial charge in [-0.05, 0) is 48.0 Å². The number of anilines is 1. The molecular weight excluding hydrogens is 393 g/mol. The van der Waals surface area contributed by atoms with E-state index in [1.54, 1.807) is 48.5 Å².